The number of halogens is 1. The van der Waals surface area contributed by atoms with Gasteiger partial charge in [0.1, 0.15) is 47.4 Å². The molecule has 0 saturated carbocycles. The molecule has 0 spiro atoms. The van der Waals surface area contributed by atoms with Gasteiger partial charge in [0.25, 0.3) is 0 Å². The average Bonchev–Trinajstić information content (AvgIpc) is 2.95. The van der Waals surface area contributed by atoms with Crippen LogP contribution >= 0.6 is 0 Å². The van der Waals surface area contributed by atoms with Crippen LogP contribution < -0.4 is 14.8 Å². The number of hydrogen-bond acceptors (Lipinski definition) is 6. The van der Waals surface area contributed by atoms with Crippen LogP contribution in [0.25, 0.3) is 6.08 Å². The molecule has 0 aliphatic heterocycles. The van der Waals surface area contributed by atoms with Crippen molar-refractivity contribution in [1.82, 2.24) is 0 Å². The molecule has 4 aromatic rings. The largest absolute Gasteiger partial charge is 0.507 e. The second-order valence-electron chi connectivity index (χ2n) is 10.4. The lowest BCUT2D eigenvalue weighted by Crippen LogP contribution is -2.27. The number of aromatic hydroxyl groups is 1. The zero-order valence-electron chi connectivity index (χ0n) is 23.6. The summed E-state index contributed by atoms with van der Waals surface area (Å²) in [7, 11) is 0. The van der Waals surface area contributed by atoms with E-state index < -0.39 is 23.3 Å². The summed E-state index contributed by atoms with van der Waals surface area (Å²) < 4.78 is 31.6. The van der Waals surface area contributed by atoms with Gasteiger partial charge in [-0.3, -0.25) is 10.1 Å². The van der Waals surface area contributed by atoms with E-state index in [0.717, 1.165) is 17.2 Å². The molecule has 0 fully saturated rings. The molecule has 0 aliphatic carbocycles. The normalized spacial score (nSPS) is 11.2. The summed E-state index contributed by atoms with van der Waals surface area (Å²) in [4.78, 5) is 25.4. The molecule has 0 radical (unpaired) electrons. The van der Waals surface area contributed by atoms with E-state index >= 15 is 0 Å². The van der Waals surface area contributed by atoms with Gasteiger partial charge in [0, 0.05) is 23.4 Å². The summed E-state index contributed by atoms with van der Waals surface area (Å²) in [6.07, 6.45) is 1.70. The molecule has 0 saturated heterocycles. The van der Waals surface area contributed by atoms with Crippen molar-refractivity contribution in [2.24, 2.45) is 0 Å². The lowest BCUT2D eigenvalue weighted by atomic mass is 10.1. The van der Waals surface area contributed by atoms with Crippen molar-refractivity contribution in [2.75, 3.05) is 5.32 Å². The highest BCUT2D eigenvalue weighted by Gasteiger charge is 2.20. The number of hydrogen-bond donors (Lipinski definition) is 2. The predicted molar refractivity (Wildman–Crippen MR) is 159 cm³/mol. The Balaban J connectivity index is 1.57. The monoisotopic (exact) mass is 569 g/mol. The first-order chi connectivity index (χ1) is 20.1. The van der Waals surface area contributed by atoms with E-state index in [-0.39, 0.29) is 41.5 Å². The second kappa shape index (κ2) is 13.5. The molecule has 0 heterocycles. The zero-order valence-corrected chi connectivity index (χ0v) is 23.6. The fourth-order valence-corrected chi connectivity index (χ4v) is 3.92. The standard InChI is InChI=1S/C34H32FNO6/c1-34(2,3)42-33(39)36-26-15-16-28(35)25(18-26)14-17-29(37)32-30(38)19-27(40-21-23-10-6-4-7-11-23)20-31(32)41-22-24-12-8-5-9-13-24/h4-20,38H,21-22H2,1-3H3,(H,36,39)/b17-14+. The zero-order chi connectivity index (χ0) is 30.1. The Morgan fingerprint density at radius 2 is 1.48 bits per heavy atom. The molecule has 0 bridgehead atoms. The van der Waals surface area contributed by atoms with Crippen molar-refractivity contribution >= 4 is 23.6 Å². The Morgan fingerprint density at radius 3 is 2.10 bits per heavy atom. The van der Waals surface area contributed by atoms with E-state index in [4.69, 9.17) is 14.2 Å². The molecule has 2 N–H and O–H groups in total. The highest BCUT2D eigenvalue weighted by molar-refractivity contribution is 6.10. The van der Waals surface area contributed by atoms with E-state index in [1.54, 1.807) is 26.8 Å². The molecular weight excluding hydrogens is 537 g/mol. The summed E-state index contributed by atoms with van der Waals surface area (Å²) in [6, 6.07) is 25.7. The molecule has 42 heavy (non-hydrogen) atoms. The van der Waals surface area contributed by atoms with Crippen LogP contribution in [0.1, 0.15) is 47.8 Å². The minimum Gasteiger partial charge on any atom is -0.507 e. The van der Waals surface area contributed by atoms with Crippen molar-refractivity contribution in [3.8, 4) is 17.2 Å². The highest BCUT2D eigenvalue weighted by atomic mass is 19.1. The Morgan fingerprint density at radius 1 is 0.857 bits per heavy atom. The molecule has 8 heteroatoms. The van der Waals surface area contributed by atoms with E-state index in [1.807, 2.05) is 60.7 Å². The van der Waals surface area contributed by atoms with Crippen molar-refractivity contribution in [1.29, 1.82) is 0 Å². The lowest BCUT2D eigenvalue weighted by molar-refractivity contribution is 0.0635. The number of rotatable bonds is 10. The Bertz CT molecular complexity index is 1560. The minimum atomic E-state index is -0.705. The van der Waals surface area contributed by atoms with Crippen LogP contribution in [0.5, 0.6) is 17.2 Å². The van der Waals surface area contributed by atoms with Gasteiger partial charge in [-0.05, 0) is 62.2 Å². The van der Waals surface area contributed by atoms with Crippen LogP contribution in [-0.4, -0.2) is 22.6 Å². The second-order valence-corrected chi connectivity index (χ2v) is 10.4. The fourth-order valence-electron chi connectivity index (χ4n) is 3.92. The summed E-state index contributed by atoms with van der Waals surface area (Å²) >= 11 is 0. The van der Waals surface area contributed by atoms with E-state index in [2.05, 4.69) is 5.32 Å². The first kappa shape index (κ1) is 29.9. The van der Waals surface area contributed by atoms with Crippen LogP contribution in [-0.2, 0) is 18.0 Å². The van der Waals surface area contributed by atoms with E-state index in [0.29, 0.717) is 5.75 Å². The number of anilines is 1. The molecule has 4 aromatic carbocycles. The minimum absolute atomic E-state index is 0.0472. The maximum absolute atomic E-state index is 14.6. The Labute approximate surface area is 244 Å². The molecule has 0 aliphatic rings. The number of benzene rings is 4. The summed E-state index contributed by atoms with van der Waals surface area (Å²) in [6.45, 7) is 5.57. The summed E-state index contributed by atoms with van der Waals surface area (Å²) in [5, 5.41) is 13.4. The third-order valence-electron chi connectivity index (χ3n) is 5.84. The van der Waals surface area contributed by atoms with Gasteiger partial charge < -0.3 is 19.3 Å². The van der Waals surface area contributed by atoms with Gasteiger partial charge in [-0.15, -0.1) is 0 Å². The number of nitrogens with one attached hydrogen (secondary N) is 1. The van der Waals surface area contributed by atoms with Gasteiger partial charge >= 0.3 is 6.09 Å². The van der Waals surface area contributed by atoms with Crippen molar-refractivity contribution in [3.63, 3.8) is 0 Å². The highest BCUT2D eigenvalue weighted by Crippen LogP contribution is 2.35. The molecule has 7 nitrogen and oxygen atoms in total. The van der Waals surface area contributed by atoms with Gasteiger partial charge in [-0.25, -0.2) is 9.18 Å². The van der Waals surface area contributed by atoms with Crippen LogP contribution in [0, 0.1) is 5.82 Å². The smallest absolute Gasteiger partial charge is 0.412 e. The van der Waals surface area contributed by atoms with Gasteiger partial charge in [-0.1, -0.05) is 60.7 Å². The number of allylic oxidation sites excluding steroid dienone is 1. The number of amides is 1. The summed E-state index contributed by atoms with van der Waals surface area (Å²) in [5.74, 6) is -1.15. The molecule has 216 valence electrons. The predicted octanol–water partition coefficient (Wildman–Crippen LogP) is 7.93. The van der Waals surface area contributed by atoms with Crippen LogP contribution in [0.2, 0.25) is 0 Å². The molecule has 0 atom stereocenters. The van der Waals surface area contributed by atoms with E-state index in [1.165, 1.54) is 30.3 Å². The maximum Gasteiger partial charge on any atom is 0.412 e. The number of phenolic OH excluding ortho intramolecular Hbond substituents is 1. The van der Waals surface area contributed by atoms with Gasteiger partial charge in [0.05, 0.1) is 0 Å². The first-order valence-corrected chi connectivity index (χ1v) is 13.3. The van der Waals surface area contributed by atoms with Crippen molar-refractivity contribution in [2.45, 2.75) is 39.6 Å². The number of carbonyl (C=O) groups is 2. The maximum atomic E-state index is 14.6. The third kappa shape index (κ3) is 8.69. The topological polar surface area (TPSA) is 94.1 Å². The van der Waals surface area contributed by atoms with Crippen molar-refractivity contribution < 1.29 is 33.3 Å². The summed E-state index contributed by atoms with van der Waals surface area (Å²) in [5.41, 5.74) is 1.31. The van der Waals surface area contributed by atoms with Gasteiger partial charge in [0.15, 0.2) is 5.78 Å². The molecule has 4 rings (SSSR count). The van der Waals surface area contributed by atoms with Crippen LogP contribution in [0.3, 0.4) is 0 Å². The van der Waals surface area contributed by atoms with Crippen LogP contribution in [0.4, 0.5) is 14.9 Å². The van der Waals surface area contributed by atoms with Gasteiger partial charge in [-0.2, -0.15) is 0 Å². The molecule has 0 unspecified atom stereocenters. The average molecular weight is 570 g/mol. The number of ketones is 1. The number of carbonyl (C=O) groups excluding carboxylic acids is 2. The number of ether oxygens (including phenoxy) is 3. The molecule has 1 amide bonds. The number of phenols is 1. The Kier molecular flexibility index (Phi) is 9.60. The van der Waals surface area contributed by atoms with Gasteiger partial charge in [0.2, 0.25) is 0 Å². The molecule has 0 aromatic heterocycles. The first-order valence-electron chi connectivity index (χ1n) is 13.3. The Hall–Kier alpha value is -5.11. The lowest BCUT2D eigenvalue weighted by Gasteiger charge is -2.19. The van der Waals surface area contributed by atoms with Crippen LogP contribution in [0.15, 0.2) is 97.1 Å². The quantitative estimate of drug-likeness (QED) is 0.149. The van der Waals surface area contributed by atoms with E-state index in [9.17, 15) is 19.1 Å². The third-order valence-corrected chi connectivity index (χ3v) is 5.84. The molecular formula is C34H32FNO6. The SMILES string of the molecule is CC(C)(C)OC(=O)Nc1ccc(F)c(/C=C/C(=O)c2c(O)cc(OCc3ccccc3)cc2OCc2ccccc2)c1. The van der Waals surface area contributed by atoms with Crippen molar-refractivity contribution in [3.05, 3.63) is 125 Å². The fraction of sp³-hybridized carbons (Fsp3) is 0.176.